The van der Waals surface area contributed by atoms with Crippen molar-refractivity contribution in [1.29, 1.82) is 0 Å². The number of aliphatic hydroxyl groups is 3. The van der Waals surface area contributed by atoms with Gasteiger partial charge in [0.25, 0.3) is 0 Å². The predicted molar refractivity (Wildman–Crippen MR) is 114 cm³/mol. The van der Waals surface area contributed by atoms with Gasteiger partial charge in [-0.05, 0) is 49.8 Å². The summed E-state index contributed by atoms with van der Waals surface area (Å²) >= 11 is 0. The van der Waals surface area contributed by atoms with E-state index in [2.05, 4.69) is 0 Å². The Morgan fingerprint density at radius 2 is 2.00 bits per heavy atom. The number of aliphatic hydroxyl groups excluding tert-OH is 3. The fraction of sp³-hybridized carbons (Fsp3) is 0.542. The molecule has 0 amide bonds. The van der Waals surface area contributed by atoms with Crippen molar-refractivity contribution >= 4 is 5.78 Å². The first-order valence-corrected chi connectivity index (χ1v) is 10.5. The van der Waals surface area contributed by atoms with E-state index >= 15 is 0 Å². The Bertz CT molecular complexity index is 724. The molecule has 0 bridgehead atoms. The second kappa shape index (κ2) is 11.3. The highest BCUT2D eigenvalue weighted by molar-refractivity contribution is 5.84. The lowest BCUT2D eigenvalue weighted by atomic mass is 9.88. The van der Waals surface area contributed by atoms with Crippen molar-refractivity contribution in [2.45, 2.75) is 64.1 Å². The first-order chi connectivity index (χ1) is 13.8. The van der Waals surface area contributed by atoms with E-state index in [9.17, 15) is 20.1 Å². The number of phenols is 1. The van der Waals surface area contributed by atoms with Gasteiger partial charge in [0.05, 0.1) is 12.2 Å². The van der Waals surface area contributed by atoms with Crippen molar-refractivity contribution in [1.82, 2.24) is 0 Å². The van der Waals surface area contributed by atoms with E-state index in [0.29, 0.717) is 6.42 Å². The van der Waals surface area contributed by atoms with Crippen LogP contribution in [0.25, 0.3) is 0 Å². The van der Waals surface area contributed by atoms with Crippen LogP contribution in [0.15, 0.2) is 42.5 Å². The number of hydrogen-bond donors (Lipinski definition) is 4. The van der Waals surface area contributed by atoms with Crippen LogP contribution in [0.1, 0.15) is 56.1 Å². The number of Topliss-reactive ketones (excluding diaryl/α,β-unsaturated/α-hetero) is 1. The maximum atomic E-state index is 12.3. The molecule has 0 heterocycles. The van der Waals surface area contributed by atoms with Gasteiger partial charge in [-0.25, -0.2) is 0 Å². The molecule has 1 aliphatic carbocycles. The molecule has 5 atom stereocenters. The molecule has 1 aromatic rings. The van der Waals surface area contributed by atoms with Crippen molar-refractivity contribution < 1.29 is 25.2 Å². The number of aromatic hydroxyl groups is 1. The lowest BCUT2D eigenvalue weighted by molar-refractivity contribution is -0.121. The van der Waals surface area contributed by atoms with E-state index in [-0.39, 0.29) is 42.3 Å². The van der Waals surface area contributed by atoms with Crippen LogP contribution >= 0.6 is 0 Å². The molecule has 0 spiro atoms. The molecule has 4 N–H and O–H groups in total. The molecular weight excluding hydrogens is 368 g/mol. The van der Waals surface area contributed by atoms with Crippen LogP contribution in [0.5, 0.6) is 5.75 Å². The van der Waals surface area contributed by atoms with Crippen molar-refractivity contribution in [2.24, 2.45) is 11.8 Å². The van der Waals surface area contributed by atoms with Gasteiger partial charge in [0.2, 0.25) is 0 Å². The van der Waals surface area contributed by atoms with Gasteiger partial charge in [-0.1, -0.05) is 43.4 Å². The van der Waals surface area contributed by atoms with Crippen molar-refractivity contribution in [3.8, 4) is 5.75 Å². The SMILES string of the molecule is Cc1cc(C(C)[C@H](O)/C=C/[C@H]2[C@H](O)CC(=O)[C@@H]2C/C=C\CCCCO)ccc1O. The number of allylic oxidation sites excluding steroid dienone is 2. The zero-order valence-corrected chi connectivity index (χ0v) is 17.4. The molecule has 29 heavy (non-hydrogen) atoms. The smallest absolute Gasteiger partial charge is 0.139 e. The van der Waals surface area contributed by atoms with Crippen LogP contribution in [-0.2, 0) is 4.79 Å². The third kappa shape index (κ3) is 6.53. The maximum absolute atomic E-state index is 12.3. The van der Waals surface area contributed by atoms with Gasteiger partial charge in [0, 0.05) is 30.8 Å². The molecule has 2 rings (SSSR count). The number of unbranched alkanes of at least 4 members (excludes halogenated alkanes) is 2. The van der Waals surface area contributed by atoms with E-state index in [1.807, 2.05) is 32.1 Å². The topological polar surface area (TPSA) is 98.0 Å². The van der Waals surface area contributed by atoms with E-state index in [1.165, 1.54) is 0 Å². The molecule has 0 radical (unpaired) electrons. The summed E-state index contributed by atoms with van der Waals surface area (Å²) in [6.07, 6.45) is 9.29. The average molecular weight is 403 g/mol. The van der Waals surface area contributed by atoms with Crippen molar-refractivity contribution in [3.63, 3.8) is 0 Å². The quantitative estimate of drug-likeness (QED) is 0.355. The third-order valence-electron chi connectivity index (χ3n) is 5.86. The lowest BCUT2D eigenvalue weighted by Crippen LogP contribution is -2.20. The molecule has 0 saturated heterocycles. The average Bonchev–Trinajstić information content (AvgIpc) is 2.96. The molecule has 1 unspecified atom stereocenters. The number of rotatable bonds is 10. The zero-order chi connectivity index (χ0) is 21.4. The summed E-state index contributed by atoms with van der Waals surface area (Å²) in [7, 11) is 0. The van der Waals surface area contributed by atoms with E-state index in [1.54, 1.807) is 24.3 Å². The van der Waals surface area contributed by atoms with Gasteiger partial charge in [-0.2, -0.15) is 0 Å². The Balaban J connectivity index is 1.99. The van der Waals surface area contributed by atoms with Crippen LogP contribution in [0.2, 0.25) is 0 Å². The van der Waals surface area contributed by atoms with Crippen LogP contribution in [0.4, 0.5) is 0 Å². The largest absolute Gasteiger partial charge is 0.508 e. The number of hydrogen-bond acceptors (Lipinski definition) is 5. The molecule has 1 fully saturated rings. The van der Waals surface area contributed by atoms with Crippen LogP contribution in [0.3, 0.4) is 0 Å². The lowest BCUT2D eigenvalue weighted by Gasteiger charge is -2.20. The van der Waals surface area contributed by atoms with Gasteiger partial charge in [0.15, 0.2) is 0 Å². The Hall–Kier alpha value is -1.95. The van der Waals surface area contributed by atoms with Gasteiger partial charge in [-0.15, -0.1) is 0 Å². The summed E-state index contributed by atoms with van der Waals surface area (Å²) in [6, 6.07) is 5.28. The molecule has 0 aliphatic heterocycles. The van der Waals surface area contributed by atoms with E-state index < -0.39 is 12.2 Å². The summed E-state index contributed by atoms with van der Waals surface area (Å²) in [4.78, 5) is 12.3. The van der Waals surface area contributed by atoms with Gasteiger partial charge in [0.1, 0.15) is 11.5 Å². The van der Waals surface area contributed by atoms with E-state index in [4.69, 9.17) is 5.11 Å². The molecule has 0 aromatic heterocycles. The highest BCUT2D eigenvalue weighted by Crippen LogP contribution is 2.34. The zero-order valence-electron chi connectivity index (χ0n) is 17.4. The van der Waals surface area contributed by atoms with Crippen LogP contribution in [-0.4, -0.2) is 45.0 Å². The number of phenolic OH excluding ortho intramolecular Hbond substituents is 1. The summed E-state index contributed by atoms with van der Waals surface area (Å²) in [6.45, 7) is 3.92. The summed E-state index contributed by atoms with van der Waals surface area (Å²) in [5, 5.41) is 39.4. The number of benzene rings is 1. The number of carbonyl (C=O) groups is 1. The van der Waals surface area contributed by atoms with Crippen molar-refractivity contribution in [2.75, 3.05) is 6.61 Å². The maximum Gasteiger partial charge on any atom is 0.139 e. The molecule has 5 heteroatoms. The Morgan fingerprint density at radius 1 is 1.24 bits per heavy atom. The minimum atomic E-state index is -0.753. The molecule has 5 nitrogen and oxygen atoms in total. The summed E-state index contributed by atoms with van der Waals surface area (Å²) < 4.78 is 0. The molecule has 1 aliphatic rings. The number of ketones is 1. The van der Waals surface area contributed by atoms with Gasteiger partial charge < -0.3 is 20.4 Å². The number of aryl methyl sites for hydroxylation is 1. The van der Waals surface area contributed by atoms with Crippen LogP contribution in [0, 0.1) is 18.8 Å². The fourth-order valence-corrected chi connectivity index (χ4v) is 3.83. The first kappa shape index (κ1) is 23.3. The third-order valence-corrected chi connectivity index (χ3v) is 5.86. The summed E-state index contributed by atoms with van der Waals surface area (Å²) in [5.41, 5.74) is 1.68. The second-order valence-electron chi connectivity index (χ2n) is 8.06. The fourth-order valence-electron chi connectivity index (χ4n) is 3.83. The molecular formula is C24H34O5. The van der Waals surface area contributed by atoms with Crippen LogP contribution < -0.4 is 0 Å². The minimum absolute atomic E-state index is 0.0591. The Kier molecular flexibility index (Phi) is 9.08. The molecule has 160 valence electrons. The normalized spacial score (nSPS) is 24.6. The van der Waals surface area contributed by atoms with Gasteiger partial charge in [-0.3, -0.25) is 4.79 Å². The van der Waals surface area contributed by atoms with E-state index in [0.717, 1.165) is 30.4 Å². The highest BCUT2D eigenvalue weighted by Gasteiger charge is 2.39. The molecule has 1 aromatic carbocycles. The predicted octanol–water partition coefficient (Wildman–Crippen LogP) is 3.40. The Morgan fingerprint density at radius 3 is 2.69 bits per heavy atom. The summed E-state index contributed by atoms with van der Waals surface area (Å²) in [5.74, 6) is -0.457. The van der Waals surface area contributed by atoms with Gasteiger partial charge >= 0.3 is 0 Å². The monoisotopic (exact) mass is 402 g/mol. The standard InChI is InChI=1S/C24H34O5/c1-16-14-18(9-11-21(16)26)17(2)22(27)12-10-20-19(23(28)15-24(20)29)8-6-4-3-5-7-13-25/h4,6,9-12,14,17,19-20,22,24-27,29H,3,5,7-8,13,15H2,1-2H3/b6-4-,12-10+/t17?,19-,20-,22-,24-/m1/s1. The second-order valence-corrected chi connectivity index (χ2v) is 8.06. The highest BCUT2D eigenvalue weighted by atomic mass is 16.3. The molecule has 1 saturated carbocycles. The first-order valence-electron chi connectivity index (χ1n) is 10.5. The minimum Gasteiger partial charge on any atom is -0.508 e. The number of carbonyl (C=O) groups excluding carboxylic acids is 1. The van der Waals surface area contributed by atoms with Crippen molar-refractivity contribution in [3.05, 3.63) is 53.6 Å². The Labute approximate surface area is 173 Å².